The van der Waals surface area contributed by atoms with E-state index in [1.807, 2.05) is 0 Å². The first-order valence-electron chi connectivity index (χ1n) is 4.14. The Labute approximate surface area is 61.8 Å². The molecule has 60 valence electrons. The maximum atomic E-state index is 12.3. The van der Waals surface area contributed by atoms with Gasteiger partial charge in [0.2, 0.25) is 0 Å². The lowest BCUT2D eigenvalue weighted by atomic mass is 9.80. The molecule has 0 radical (unpaired) electrons. The summed E-state index contributed by atoms with van der Waals surface area (Å²) in [4.78, 5) is 0. The molecule has 1 fully saturated rings. The number of halogens is 1. The summed E-state index contributed by atoms with van der Waals surface area (Å²) >= 11 is 0. The van der Waals surface area contributed by atoms with Crippen LogP contribution < -0.4 is 5.73 Å². The van der Waals surface area contributed by atoms with Crippen LogP contribution in [0, 0.1) is 11.8 Å². The van der Waals surface area contributed by atoms with Crippen molar-refractivity contribution in [2.24, 2.45) is 17.6 Å². The van der Waals surface area contributed by atoms with Gasteiger partial charge in [0, 0.05) is 0 Å². The minimum absolute atomic E-state index is 0.165. The normalized spacial score (nSPS) is 34.2. The molecule has 0 amide bonds. The molecule has 2 N–H and O–H groups in total. The van der Waals surface area contributed by atoms with Crippen LogP contribution in [0.4, 0.5) is 4.39 Å². The van der Waals surface area contributed by atoms with Crippen molar-refractivity contribution in [1.82, 2.24) is 0 Å². The van der Waals surface area contributed by atoms with Gasteiger partial charge in [0.25, 0.3) is 0 Å². The van der Waals surface area contributed by atoms with Gasteiger partial charge in [-0.05, 0) is 31.2 Å². The highest BCUT2D eigenvalue weighted by molar-refractivity contribution is 4.75. The van der Waals surface area contributed by atoms with Crippen LogP contribution in [-0.2, 0) is 0 Å². The van der Waals surface area contributed by atoms with Gasteiger partial charge in [-0.3, -0.25) is 4.39 Å². The molecule has 0 heterocycles. The summed E-state index contributed by atoms with van der Waals surface area (Å²) in [5.41, 5.74) is 5.50. The van der Waals surface area contributed by atoms with Crippen molar-refractivity contribution in [2.75, 3.05) is 13.2 Å². The third-order valence-corrected chi connectivity index (χ3v) is 2.57. The van der Waals surface area contributed by atoms with Crippen LogP contribution in [0.25, 0.3) is 0 Å². The number of nitrogens with two attached hydrogens (primary N) is 1. The fourth-order valence-corrected chi connectivity index (χ4v) is 1.80. The maximum absolute atomic E-state index is 12.3. The minimum atomic E-state index is -0.165. The summed E-state index contributed by atoms with van der Waals surface area (Å²) < 4.78 is 12.3. The molecule has 1 aliphatic carbocycles. The molecule has 1 aliphatic rings. The highest BCUT2D eigenvalue weighted by Crippen LogP contribution is 2.29. The van der Waals surface area contributed by atoms with Crippen LogP contribution in [0.2, 0.25) is 0 Å². The molecule has 0 spiro atoms. The van der Waals surface area contributed by atoms with E-state index in [1.165, 1.54) is 12.8 Å². The highest BCUT2D eigenvalue weighted by atomic mass is 19.1. The number of alkyl halides is 1. The van der Waals surface area contributed by atoms with Crippen LogP contribution in [0.5, 0.6) is 0 Å². The molecular formula is C8H16FN. The Balaban J connectivity index is 2.34. The standard InChI is InChI=1S/C8H16FN/c9-5-7-3-1-2-4-8(7)6-10/h7-8H,1-6,10H2/t7-,8-/m1/s1. The quantitative estimate of drug-likeness (QED) is 0.629. The Bertz CT molecular complexity index is 83.3. The molecule has 1 saturated carbocycles. The van der Waals surface area contributed by atoms with Crippen molar-refractivity contribution < 1.29 is 4.39 Å². The molecule has 1 nitrogen and oxygen atoms in total. The highest BCUT2D eigenvalue weighted by Gasteiger charge is 2.23. The van der Waals surface area contributed by atoms with E-state index in [0.29, 0.717) is 12.5 Å². The Kier molecular flexibility index (Phi) is 3.13. The number of hydrogen-bond acceptors (Lipinski definition) is 1. The molecule has 0 aromatic rings. The Morgan fingerprint density at radius 1 is 1.20 bits per heavy atom. The Morgan fingerprint density at radius 3 is 2.20 bits per heavy atom. The topological polar surface area (TPSA) is 26.0 Å². The second-order valence-corrected chi connectivity index (χ2v) is 3.19. The fourth-order valence-electron chi connectivity index (χ4n) is 1.80. The first-order chi connectivity index (χ1) is 4.88. The van der Waals surface area contributed by atoms with Crippen LogP contribution in [-0.4, -0.2) is 13.2 Å². The molecule has 2 atom stereocenters. The fraction of sp³-hybridized carbons (Fsp3) is 1.00. The van der Waals surface area contributed by atoms with E-state index < -0.39 is 0 Å². The van der Waals surface area contributed by atoms with Crippen molar-refractivity contribution in [3.05, 3.63) is 0 Å². The lowest BCUT2D eigenvalue weighted by molar-refractivity contribution is 0.197. The lowest BCUT2D eigenvalue weighted by Crippen LogP contribution is -2.27. The number of hydrogen-bond donors (Lipinski definition) is 1. The van der Waals surface area contributed by atoms with Crippen molar-refractivity contribution in [3.63, 3.8) is 0 Å². The molecule has 1 rings (SSSR count). The molecule has 0 saturated heterocycles. The van der Waals surface area contributed by atoms with Gasteiger partial charge in [-0.15, -0.1) is 0 Å². The van der Waals surface area contributed by atoms with Gasteiger partial charge in [-0.2, -0.15) is 0 Å². The van der Waals surface area contributed by atoms with E-state index in [2.05, 4.69) is 0 Å². The van der Waals surface area contributed by atoms with Gasteiger partial charge in [-0.25, -0.2) is 0 Å². The third-order valence-electron chi connectivity index (χ3n) is 2.57. The summed E-state index contributed by atoms with van der Waals surface area (Å²) in [6.07, 6.45) is 4.65. The zero-order valence-corrected chi connectivity index (χ0v) is 6.35. The molecule has 0 aromatic carbocycles. The predicted octanol–water partition coefficient (Wildman–Crippen LogP) is 1.72. The van der Waals surface area contributed by atoms with Crippen molar-refractivity contribution in [3.8, 4) is 0 Å². The molecule has 10 heavy (non-hydrogen) atoms. The van der Waals surface area contributed by atoms with E-state index in [0.717, 1.165) is 12.8 Å². The third kappa shape index (κ3) is 1.69. The first kappa shape index (κ1) is 7.99. The van der Waals surface area contributed by atoms with E-state index in [9.17, 15) is 4.39 Å². The molecule has 0 bridgehead atoms. The second kappa shape index (κ2) is 3.91. The zero-order chi connectivity index (χ0) is 7.40. The molecule has 2 heteroatoms. The van der Waals surface area contributed by atoms with E-state index >= 15 is 0 Å². The van der Waals surface area contributed by atoms with Crippen LogP contribution in [0.1, 0.15) is 25.7 Å². The number of rotatable bonds is 2. The van der Waals surface area contributed by atoms with Crippen LogP contribution in [0.3, 0.4) is 0 Å². The molecule has 0 aromatic heterocycles. The van der Waals surface area contributed by atoms with E-state index in [-0.39, 0.29) is 12.6 Å². The van der Waals surface area contributed by atoms with Crippen molar-refractivity contribution in [1.29, 1.82) is 0 Å². The van der Waals surface area contributed by atoms with Gasteiger partial charge in [0.1, 0.15) is 0 Å². The largest absolute Gasteiger partial charge is 0.330 e. The average molecular weight is 145 g/mol. The van der Waals surface area contributed by atoms with Crippen molar-refractivity contribution in [2.45, 2.75) is 25.7 Å². The first-order valence-corrected chi connectivity index (χ1v) is 4.14. The summed E-state index contributed by atoms with van der Waals surface area (Å²) in [6.45, 7) is 0.510. The van der Waals surface area contributed by atoms with Crippen LogP contribution >= 0.6 is 0 Å². The maximum Gasteiger partial charge on any atom is 0.0925 e. The van der Waals surface area contributed by atoms with Gasteiger partial charge >= 0.3 is 0 Å². The molecule has 0 unspecified atom stereocenters. The average Bonchev–Trinajstić information content (AvgIpc) is 2.04. The monoisotopic (exact) mass is 145 g/mol. The molecular weight excluding hydrogens is 129 g/mol. The SMILES string of the molecule is NC[C@H]1CCCC[C@@H]1CF. The van der Waals surface area contributed by atoms with Crippen LogP contribution in [0.15, 0.2) is 0 Å². The van der Waals surface area contributed by atoms with Gasteiger partial charge in [-0.1, -0.05) is 12.8 Å². The Morgan fingerprint density at radius 2 is 1.80 bits per heavy atom. The summed E-state index contributed by atoms with van der Waals surface area (Å²) in [5.74, 6) is 0.748. The predicted molar refractivity (Wildman–Crippen MR) is 40.5 cm³/mol. The van der Waals surface area contributed by atoms with E-state index in [4.69, 9.17) is 5.73 Å². The summed E-state index contributed by atoms with van der Waals surface area (Å²) in [7, 11) is 0. The Hall–Kier alpha value is -0.110. The van der Waals surface area contributed by atoms with Gasteiger partial charge < -0.3 is 5.73 Å². The van der Waals surface area contributed by atoms with Gasteiger partial charge in [0.15, 0.2) is 0 Å². The van der Waals surface area contributed by atoms with Gasteiger partial charge in [0.05, 0.1) is 6.67 Å². The minimum Gasteiger partial charge on any atom is -0.330 e. The lowest BCUT2D eigenvalue weighted by Gasteiger charge is -2.28. The smallest absolute Gasteiger partial charge is 0.0925 e. The summed E-state index contributed by atoms with van der Waals surface area (Å²) in [6, 6.07) is 0. The summed E-state index contributed by atoms with van der Waals surface area (Å²) in [5, 5.41) is 0. The molecule has 0 aliphatic heterocycles. The zero-order valence-electron chi connectivity index (χ0n) is 6.35. The second-order valence-electron chi connectivity index (χ2n) is 3.19. The van der Waals surface area contributed by atoms with E-state index in [1.54, 1.807) is 0 Å². The van der Waals surface area contributed by atoms with Crippen molar-refractivity contribution >= 4 is 0 Å².